The van der Waals surface area contributed by atoms with Crippen molar-refractivity contribution in [2.75, 3.05) is 19.7 Å². The summed E-state index contributed by atoms with van der Waals surface area (Å²) in [5, 5.41) is 9.38. The van der Waals surface area contributed by atoms with Gasteiger partial charge in [0.15, 0.2) is 0 Å². The lowest BCUT2D eigenvalue weighted by Crippen LogP contribution is -2.46. The van der Waals surface area contributed by atoms with E-state index in [4.69, 9.17) is 4.74 Å². The topological polar surface area (TPSA) is 49.8 Å². The third kappa shape index (κ3) is 2.84. The van der Waals surface area contributed by atoms with Gasteiger partial charge >= 0.3 is 6.09 Å². The summed E-state index contributed by atoms with van der Waals surface area (Å²) in [4.78, 5) is 12.8. The van der Waals surface area contributed by atoms with Gasteiger partial charge in [0.1, 0.15) is 0 Å². The molecule has 1 saturated heterocycles. The fraction of sp³-hybridized carbons (Fsp3) is 0.875. The van der Waals surface area contributed by atoms with E-state index in [0.717, 1.165) is 0 Å². The van der Waals surface area contributed by atoms with Crippen LogP contribution in [-0.4, -0.2) is 46.7 Å². The summed E-state index contributed by atoms with van der Waals surface area (Å²) in [6.45, 7) is 3.26. The second kappa shape index (κ2) is 4.81. The maximum Gasteiger partial charge on any atom is 0.409 e. The Hall–Kier alpha value is -0.290. The van der Waals surface area contributed by atoms with Crippen LogP contribution in [0, 0.1) is 0 Å². The molecular formula is C8H14BrNO3. The quantitative estimate of drug-likeness (QED) is 0.707. The zero-order chi connectivity index (χ0) is 9.84. The number of aliphatic hydroxyl groups is 1. The zero-order valence-electron chi connectivity index (χ0n) is 7.57. The van der Waals surface area contributed by atoms with Gasteiger partial charge in [-0.15, -0.1) is 0 Å². The number of rotatable bonds is 1. The van der Waals surface area contributed by atoms with Crippen LogP contribution in [0.1, 0.15) is 13.3 Å². The zero-order valence-corrected chi connectivity index (χ0v) is 9.16. The first-order chi connectivity index (χ1) is 6.15. The van der Waals surface area contributed by atoms with Gasteiger partial charge in [0.05, 0.1) is 17.5 Å². The van der Waals surface area contributed by atoms with E-state index in [0.29, 0.717) is 26.1 Å². The van der Waals surface area contributed by atoms with Gasteiger partial charge in [0.25, 0.3) is 0 Å². The highest BCUT2D eigenvalue weighted by molar-refractivity contribution is 9.09. The van der Waals surface area contributed by atoms with Crippen LogP contribution in [0.3, 0.4) is 0 Å². The van der Waals surface area contributed by atoms with E-state index in [9.17, 15) is 9.90 Å². The number of halogens is 1. The van der Waals surface area contributed by atoms with E-state index in [1.54, 1.807) is 11.8 Å². The minimum absolute atomic E-state index is 0.0364. The molecule has 5 heteroatoms. The normalized spacial score (nSPS) is 28.7. The molecule has 1 N–H and O–H groups in total. The lowest BCUT2D eigenvalue weighted by atomic mass is 10.1. The number of hydrogen-bond donors (Lipinski definition) is 1. The van der Waals surface area contributed by atoms with Crippen molar-refractivity contribution in [3.8, 4) is 0 Å². The molecule has 0 aliphatic carbocycles. The van der Waals surface area contributed by atoms with Crippen LogP contribution in [0.4, 0.5) is 4.79 Å². The Morgan fingerprint density at radius 2 is 2.46 bits per heavy atom. The van der Waals surface area contributed by atoms with Gasteiger partial charge in [-0.2, -0.15) is 0 Å². The molecule has 2 atom stereocenters. The molecule has 1 amide bonds. The van der Waals surface area contributed by atoms with E-state index in [1.165, 1.54) is 0 Å². The minimum Gasteiger partial charge on any atom is -0.450 e. The second-order valence-electron chi connectivity index (χ2n) is 3.02. The Bertz CT molecular complexity index is 188. The molecule has 1 heterocycles. The van der Waals surface area contributed by atoms with E-state index in [1.807, 2.05) is 0 Å². The predicted molar refractivity (Wildman–Crippen MR) is 51.9 cm³/mol. The largest absolute Gasteiger partial charge is 0.450 e. The molecule has 0 radical (unpaired) electrons. The second-order valence-corrected chi connectivity index (χ2v) is 4.19. The fourth-order valence-electron chi connectivity index (χ4n) is 1.27. The number of amides is 1. The van der Waals surface area contributed by atoms with Gasteiger partial charge in [-0.05, 0) is 13.3 Å². The molecule has 2 unspecified atom stereocenters. The predicted octanol–water partition coefficient (Wildman–Crippen LogP) is 0.973. The van der Waals surface area contributed by atoms with E-state index in [-0.39, 0.29) is 17.0 Å². The summed E-state index contributed by atoms with van der Waals surface area (Å²) in [5.41, 5.74) is 0. The molecule has 0 spiro atoms. The number of aliphatic hydroxyl groups excluding tert-OH is 1. The number of carbonyl (C=O) groups is 1. The average Bonchev–Trinajstić information content (AvgIpc) is 2.10. The maximum absolute atomic E-state index is 11.3. The summed E-state index contributed by atoms with van der Waals surface area (Å²) < 4.78 is 4.85. The van der Waals surface area contributed by atoms with E-state index >= 15 is 0 Å². The Morgan fingerprint density at radius 3 is 3.00 bits per heavy atom. The molecular weight excluding hydrogens is 238 g/mol. The molecule has 4 nitrogen and oxygen atoms in total. The van der Waals surface area contributed by atoms with Crippen molar-refractivity contribution in [3.05, 3.63) is 0 Å². The summed E-state index contributed by atoms with van der Waals surface area (Å²) in [5.74, 6) is 0. The van der Waals surface area contributed by atoms with Crippen molar-refractivity contribution >= 4 is 22.0 Å². The lowest BCUT2D eigenvalue weighted by molar-refractivity contribution is 0.0666. The Labute approximate surface area is 86.0 Å². The number of piperidine rings is 1. The molecule has 1 aliphatic heterocycles. The Balaban J connectivity index is 2.40. The molecule has 0 bridgehead atoms. The lowest BCUT2D eigenvalue weighted by Gasteiger charge is -2.32. The standard InChI is InChI=1S/C8H14BrNO3/c1-2-13-8(12)10-4-3-7(11)6(9)5-10/h6-7,11H,2-5H2,1H3. The summed E-state index contributed by atoms with van der Waals surface area (Å²) in [6.07, 6.45) is -0.0427. The third-order valence-electron chi connectivity index (χ3n) is 2.03. The first-order valence-electron chi connectivity index (χ1n) is 4.39. The molecule has 0 aromatic heterocycles. The molecule has 0 saturated carbocycles. The number of ether oxygens (including phenoxy) is 1. The van der Waals surface area contributed by atoms with Gasteiger partial charge in [0, 0.05) is 13.1 Å². The fourth-order valence-corrected chi connectivity index (χ4v) is 1.89. The number of nitrogens with zero attached hydrogens (tertiary/aromatic N) is 1. The van der Waals surface area contributed by atoms with Gasteiger partial charge in [-0.3, -0.25) is 0 Å². The Morgan fingerprint density at radius 1 is 1.77 bits per heavy atom. The van der Waals surface area contributed by atoms with Gasteiger partial charge in [0.2, 0.25) is 0 Å². The van der Waals surface area contributed by atoms with Crippen molar-refractivity contribution in [1.82, 2.24) is 4.90 Å². The number of likely N-dealkylation sites (tertiary alicyclic amines) is 1. The van der Waals surface area contributed by atoms with Crippen LogP contribution in [-0.2, 0) is 4.74 Å². The summed E-state index contributed by atoms with van der Waals surface area (Å²) in [6, 6.07) is 0. The number of carbonyl (C=O) groups excluding carboxylic acids is 1. The summed E-state index contributed by atoms with van der Waals surface area (Å²) >= 11 is 3.31. The van der Waals surface area contributed by atoms with Crippen molar-refractivity contribution in [2.45, 2.75) is 24.3 Å². The highest BCUT2D eigenvalue weighted by atomic mass is 79.9. The molecule has 76 valence electrons. The molecule has 0 aromatic carbocycles. The summed E-state index contributed by atoms with van der Waals surface area (Å²) in [7, 11) is 0. The van der Waals surface area contributed by atoms with Crippen LogP contribution in [0.15, 0.2) is 0 Å². The SMILES string of the molecule is CCOC(=O)N1CCC(O)C(Br)C1. The highest BCUT2D eigenvalue weighted by Gasteiger charge is 2.28. The number of hydrogen-bond acceptors (Lipinski definition) is 3. The van der Waals surface area contributed by atoms with Gasteiger partial charge in [-0.25, -0.2) is 4.79 Å². The van der Waals surface area contributed by atoms with E-state index in [2.05, 4.69) is 15.9 Å². The van der Waals surface area contributed by atoms with Crippen molar-refractivity contribution in [1.29, 1.82) is 0 Å². The Kier molecular flexibility index (Phi) is 3.99. The minimum atomic E-state index is -0.356. The molecule has 1 rings (SSSR count). The van der Waals surface area contributed by atoms with Crippen LogP contribution >= 0.6 is 15.9 Å². The first kappa shape index (κ1) is 10.8. The van der Waals surface area contributed by atoms with E-state index < -0.39 is 0 Å². The van der Waals surface area contributed by atoms with Gasteiger partial charge < -0.3 is 14.7 Å². The maximum atomic E-state index is 11.3. The molecule has 13 heavy (non-hydrogen) atoms. The van der Waals surface area contributed by atoms with Gasteiger partial charge in [-0.1, -0.05) is 15.9 Å². The number of alkyl halides is 1. The van der Waals surface area contributed by atoms with Crippen LogP contribution in [0.25, 0.3) is 0 Å². The average molecular weight is 252 g/mol. The highest BCUT2D eigenvalue weighted by Crippen LogP contribution is 2.18. The molecule has 0 aromatic rings. The molecule has 1 aliphatic rings. The third-order valence-corrected chi connectivity index (χ3v) is 2.93. The van der Waals surface area contributed by atoms with Crippen LogP contribution < -0.4 is 0 Å². The van der Waals surface area contributed by atoms with Crippen LogP contribution in [0.5, 0.6) is 0 Å². The van der Waals surface area contributed by atoms with Crippen molar-refractivity contribution in [2.24, 2.45) is 0 Å². The monoisotopic (exact) mass is 251 g/mol. The first-order valence-corrected chi connectivity index (χ1v) is 5.30. The van der Waals surface area contributed by atoms with Crippen molar-refractivity contribution < 1.29 is 14.6 Å². The van der Waals surface area contributed by atoms with Crippen molar-refractivity contribution in [3.63, 3.8) is 0 Å². The van der Waals surface area contributed by atoms with Crippen LogP contribution in [0.2, 0.25) is 0 Å². The molecule has 1 fully saturated rings. The smallest absolute Gasteiger partial charge is 0.409 e.